The molecule has 0 radical (unpaired) electrons. The quantitative estimate of drug-likeness (QED) is 0.854. The van der Waals surface area contributed by atoms with Gasteiger partial charge < -0.3 is 10.5 Å². The first kappa shape index (κ1) is 13.4. The molecule has 1 unspecified atom stereocenters. The molecule has 0 saturated carbocycles. The van der Waals surface area contributed by atoms with Crippen LogP contribution < -0.4 is 10.5 Å². The fourth-order valence-electron chi connectivity index (χ4n) is 1.53. The van der Waals surface area contributed by atoms with Crippen molar-refractivity contribution in [3.8, 4) is 5.75 Å². The van der Waals surface area contributed by atoms with Crippen LogP contribution in [0.5, 0.6) is 5.75 Å². The summed E-state index contributed by atoms with van der Waals surface area (Å²) in [4.78, 5) is 4.41. The minimum atomic E-state index is -0.00527. The summed E-state index contributed by atoms with van der Waals surface area (Å²) in [5, 5.41) is 2.05. The zero-order valence-electron chi connectivity index (χ0n) is 10.4. The topological polar surface area (TPSA) is 48.1 Å². The maximum atomic E-state index is 6.17. The van der Waals surface area contributed by atoms with E-state index in [2.05, 4.69) is 10.4 Å². The molecule has 5 heteroatoms. The Bertz CT molecular complexity index is 513. The summed E-state index contributed by atoms with van der Waals surface area (Å²) in [5.41, 5.74) is 8.33. The average molecular weight is 280 g/mol. The van der Waals surface area contributed by atoms with Gasteiger partial charge in [-0.25, -0.2) is 4.98 Å². The standard InChI is InChI=1S/C13H16N2OS2/c1-9-7-17-13(15-9)18-8-12(14)10-4-3-5-11(6-10)16-2/h3-7,12H,8,14H2,1-2H3. The maximum Gasteiger partial charge on any atom is 0.150 e. The van der Waals surface area contributed by atoms with Gasteiger partial charge in [0.05, 0.1) is 7.11 Å². The number of aryl methyl sites for hydroxylation is 1. The van der Waals surface area contributed by atoms with E-state index in [4.69, 9.17) is 10.5 Å². The first-order valence-electron chi connectivity index (χ1n) is 5.63. The number of thiazole rings is 1. The van der Waals surface area contributed by atoms with E-state index in [0.717, 1.165) is 27.1 Å². The number of hydrogen-bond acceptors (Lipinski definition) is 5. The summed E-state index contributed by atoms with van der Waals surface area (Å²) in [6.45, 7) is 2.00. The lowest BCUT2D eigenvalue weighted by Gasteiger charge is -2.11. The van der Waals surface area contributed by atoms with E-state index in [-0.39, 0.29) is 6.04 Å². The molecule has 0 saturated heterocycles. The molecule has 1 atom stereocenters. The van der Waals surface area contributed by atoms with Crippen LogP contribution in [0.15, 0.2) is 34.0 Å². The van der Waals surface area contributed by atoms with E-state index in [1.54, 1.807) is 30.2 Å². The fraction of sp³-hybridized carbons (Fsp3) is 0.308. The third kappa shape index (κ3) is 3.48. The SMILES string of the molecule is COc1cccc(C(N)CSc2nc(C)cs2)c1. The van der Waals surface area contributed by atoms with Gasteiger partial charge in [-0.3, -0.25) is 0 Å². The Morgan fingerprint density at radius 1 is 1.50 bits per heavy atom. The molecule has 96 valence electrons. The van der Waals surface area contributed by atoms with Crippen molar-refractivity contribution >= 4 is 23.1 Å². The van der Waals surface area contributed by atoms with Gasteiger partial charge in [0.15, 0.2) is 0 Å². The van der Waals surface area contributed by atoms with E-state index in [0.29, 0.717) is 0 Å². The van der Waals surface area contributed by atoms with Crippen LogP contribution in [0.4, 0.5) is 0 Å². The molecule has 0 aliphatic carbocycles. The van der Waals surface area contributed by atoms with Crippen molar-refractivity contribution in [1.82, 2.24) is 4.98 Å². The van der Waals surface area contributed by atoms with Crippen LogP contribution in [0.2, 0.25) is 0 Å². The second-order valence-corrected chi connectivity index (χ2v) is 6.07. The van der Waals surface area contributed by atoms with Crippen LogP contribution in [-0.4, -0.2) is 17.8 Å². The number of aromatic nitrogens is 1. The summed E-state index contributed by atoms with van der Waals surface area (Å²) in [6, 6.07) is 7.90. The number of methoxy groups -OCH3 is 1. The van der Waals surface area contributed by atoms with Crippen LogP contribution in [0.3, 0.4) is 0 Å². The van der Waals surface area contributed by atoms with E-state index in [1.165, 1.54) is 0 Å². The van der Waals surface area contributed by atoms with Crippen LogP contribution in [0, 0.1) is 6.92 Å². The Balaban J connectivity index is 1.96. The molecule has 1 aromatic carbocycles. The highest BCUT2D eigenvalue weighted by atomic mass is 32.2. The van der Waals surface area contributed by atoms with E-state index in [9.17, 15) is 0 Å². The molecule has 0 aliphatic heterocycles. The highest BCUT2D eigenvalue weighted by molar-refractivity contribution is 8.01. The van der Waals surface area contributed by atoms with Gasteiger partial charge in [0, 0.05) is 22.9 Å². The van der Waals surface area contributed by atoms with Crippen molar-refractivity contribution in [2.45, 2.75) is 17.3 Å². The van der Waals surface area contributed by atoms with Crippen molar-refractivity contribution in [3.05, 3.63) is 40.9 Å². The van der Waals surface area contributed by atoms with Gasteiger partial charge >= 0.3 is 0 Å². The molecule has 3 nitrogen and oxygen atoms in total. The molecule has 2 aromatic rings. The number of hydrogen-bond donors (Lipinski definition) is 1. The lowest BCUT2D eigenvalue weighted by molar-refractivity contribution is 0.414. The van der Waals surface area contributed by atoms with E-state index >= 15 is 0 Å². The lowest BCUT2D eigenvalue weighted by Crippen LogP contribution is -2.12. The lowest BCUT2D eigenvalue weighted by atomic mass is 10.1. The molecule has 0 aliphatic rings. The van der Waals surface area contributed by atoms with Gasteiger partial charge in [0.2, 0.25) is 0 Å². The second-order valence-electron chi connectivity index (χ2n) is 3.95. The first-order valence-corrected chi connectivity index (χ1v) is 7.50. The molecular formula is C13H16N2OS2. The third-order valence-corrected chi connectivity index (χ3v) is 4.76. The zero-order valence-corrected chi connectivity index (χ0v) is 12.1. The number of rotatable bonds is 5. The van der Waals surface area contributed by atoms with Gasteiger partial charge in [0.25, 0.3) is 0 Å². The van der Waals surface area contributed by atoms with Crippen molar-refractivity contribution in [2.75, 3.05) is 12.9 Å². The van der Waals surface area contributed by atoms with Crippen molar-refractivity contribution in [3.63, 3.8) is 0 Å². The number of nitrogens with zero attached hydrogens (tertiary/aromatic N) is 1. The summed E-state index contributed by atoms with van der Waals surface area (Å²) in [7, 11) is 1.66. The van der Waals surface area contributed by atoms with Gasteiger partial charge in [0.1, 0.15) is 10.1 Å². The van der Waals surface area contributed by atoms with Crippen molar-refractivity contribution in [1.29, 1.82) is 0 Å². The monoisotopic (exact) mass is 280 g/mol. The van der Waals surface area contributed by atoms with Crippen molar-refractivity contribution in [2.24, 2.45) is 5.73 Å². The minimum Gasteiger partial charge on any atom is -0.497 e. The predicted octanol–water partition coefficient (Wildman–Crippen LogP) is 3.25. The molecule has 1 heterocycles. The van der Waals surface area contributed by atoms with Crippen molar-refractivity contribution < 1.29 is 4.74 Å². The third-order valence-electron chi connectivity index (χ3n) is 2.51. The highest BCUT2D eigenvalue weighted by Gasteiger charge is 2.09. The molecule has 2 rings (SSSR count). The molecule has 0 spiro atoms. The van der Waals surface area contributed by atoms with Crippen LogP contribution in [-0.2, 0) is 0 Å². The Kier molecular flexibility index (Phi) is 4.63. The number of ether oxygens (including phenoxy) is 1. The maximum absolute atomic E-state index is 6.17. The smallest absolute Gasteiger partial charge is 0.150 e. The Morgan fingerprint density at radius 3 is 3.00 bits per heavy atom. The molecule has 0 fully saturated rings. The van der Waals surface area contributed by atoms with Gasteiger partial charge in [-0.2, -0.15) is 0 Å². The van der Waals surface area contributed by atoms with E-state index < -0.39 is 0 Å². The highest BCUT2D eigenvalue weighted by Crippen LogP contribution is 2.27. The zero-order chi connectivity index (χ0) is 13.0. The first-order chi connectivity index (χ1) is 8.69. The number of benzene rings is 1. The largest absolute Gasteiger partial charge is 0.497 e. The normalized spacial score (nSPS) is 12.4. The van der Waals surface area contributed by atoms with Crippen LogP contribution >= 0.6 is 23.1 Å². The number of nitrogens with two attached hydrogens (primary N) is 1. The Hall–Kier alpha value is -1.04. The Labute approximate surface area is 115 Å². The second kappa shape index (κ2) is 6.22. The van der Waals surface area contributed by atoms with E-state index in [1.807, 2.05) is 31.2 Å². The summed E-state index contributed by atoms with van der Waals surface area (Å²) in [5.74, 6) is 1.66. The minimum absolute atomic E-state index is 0.00527. The molecular weight excluding hydrogens is 264 g/mol. The van der Waals surface area contributed by atoms with Crippen LogP contribution in [0.25, 0.3) is 0 Å². The van der Waals surface area contributed by atoms with Crippen LogP contribution in [0.1, 0.15) is 17.3 Å². The molecule has 0 bridgehead atoms. The fourth-order valence-corrected chi connectivity index (χ4v) is 3.39. The average Bonchev–Trinajstić information content (AvgIpc) is 2.82. The summed E-state index contributed by atoms with van der Waals surface area (Å²) < 4.78 is 6.27. The Morgan fingerprint density at radius 2 is 2.33 bits per heavy atom. The molecule has 2 N–H and O–H groups in total. The molecule has 0 amide bonds. The van der Waals surface area contributed by atoms with Gasteiger partial charge in [-0.05, 0) is 24.6 Å². The molecule has 1 aromatic heterocycles. The summed E-state index contributed by atoms with van der Waals surface area (Å²) >= 11 is 3.37. The number of thioether (sulfide) groups is 1. The van der Waals surface area contributed by atoms with Gasteiger partial charge in [-0.15, -0.1) is 11.3 Å². The predicted molar refractivity (Wildman–Crippen MR) is 77.5 cm³/mol. The summed E-state index contributed by atoms with van der Waals surface area (Å²) in [6.07, 6.45) is 0. The van der Waals surface area contributed by atoms with Gasteiger partial charge in [-0.1, -0.05) is 23.9 Å². The molecule has 18 heavy (non-hydrogen) atoms.